The summed E-state index contributed by atoms with van der Waals surface area (Å²) < 4.78 is 68.7. The predicted octanol–water partition coefficient (Wildman–Crippen LogP) is 26.2. The quantitative estimate of drug-likeness (QED) is 0.0222. The van der Waals surface area contributed by atoms with Gasteiger partial charge in [0.25, 0.3) is 0 Å². The third-order valence-corrected chi connectivity index (χ3v) is 22.5. The van der Waals surface area contributed by atoms with Crippen LogP contribution >= 0.6 is 15.6 Å². The van der Waals surface area contributed by atoms with Crippen LogP contribution in [0.3, 0.4) is 0 Å². The van der Waals surface area contributed by atoms with Crippen LogP contribution in [0.2, 0.25) is 0 Å². The van der Waals surface area contributed by atoms with Gasteiger partial charge in [0.2, 0.25) is 0 Å². The molecule has 0 aliphatic heterocycles. The number of ether oxygens (including phenoxy) is 4. The molecule has 0 saturated carbocycles. The normalized spacial score (nSPS) is 14.1. The molecule has 0 bridgehead atoms. The fourth-order valence-electron chi connectivity index (χ4n) is 13.4. The molecule has 17 nitrogen and oxygen atoms in total. The second-order valence-corrected chi connectivity index (χ2v) is 34.6. The topological polar surface area (TPSA) is 237 Å². The number of phosphoric ester groups is 2. The number of aliphatic hydroxyl groups excluding tert-OH is 1. The highest BCUT2D eigenvalue weighted by atomic mass is 31.2. The lowest BCUT2D eigenvalue weighted by Crippen LogP contribution is -2.30. The van der Waals surface area contributed by atoms with Crippen molar-refractivity contribution in [2.45, 2.75) is 477 Å². The molecule has 0 aromatic heterocycles. The maximum Gasteiger partial charge on any atom is 0.472 e. The summed E-state index contributed by atoms with van der Waals surface area (Å²) in [7, 11) is -9.92. The van der Waals surface area contributed by atoms with Gasteiger partial charge in [-0.05, 0) is 37.5 Å². The lowest BCUT2D eigenvalue weighted by atomic mass is 9.99. The maximum atomic E-state index is 13.1. The highest BCUT2D eigenvalue weighted by Gasteiger charge is 2.30. The minimum absolute atomic E-state index is 0.107. The molecule has 0 aromatic rings. The number of phosphoric acid groups is 2. The summed E-state index contributed by atoms with van der Waals surface area (Å²) >= 11 is 0. The summed E-state index contributed by atoms with van der Waals surface area (Å²) in [6.07, 6.45) is 69.7. The SMILES string of the molecule is CCCCCCCCCCCCCCCCCCCCCCCC(=O)OC[C@H](COP(=O)(O)OC[C@@H](O)COP(=O)(O)OC[C@@H](COC(=O)CCCCCCCCC)OC(=O)CCCCCCCCCCCCCCC(C)C)OC(=O)CCCCCCCCCCCCCCCCCCCCC(C)CC. The third-order valence-electron chi connectivity index (χ3n) is 20.6. The van der Waals surface area contributed by atoms with Gasteiger partial charge in [0.1, 0.15) is 19.3 Å². The van der Waals surface area contributed by atoms with Crippen molar-refractivity contribution >= 4 is 39.5 Å². The van der Waals surface area contributed by atoms with Crippen LogP contribution in [0.4, 0.5) is 0 Å². The monoisotopic (exact) mass is 1540 g/mol. The minimum atomic E-state index is -4.96. The van der Waals surface area contributed by atoms with Crippen molar-refractivity contribution in [1.29, 1.82) is 0 Å². The number of unbranched alkanes of at least 4 members (excludes halogenated alkanes) is 54. The fraction of sp³-hybridized carbons (Fsp3) is 0.953. The van der Waals surface area contributed by atoms with E-state index in [1.807, 2.05) is 0 Å². The Hall–Kier alpha value is -1.94. The predicted molar refractivity (Wildman–Crippen MR) is 432 cm³/mol. The smallest absolute Gasteiger partial charge is 0.462 e. The molecule has 105 heavy (non-hydrogen) atoms. The maximum absolute atomic E-state index is 13.1. The first-order valence-electron chi connectivity index (χ1n) is 44.5. The van der Waals surface area contributed by atoms with E-state index in [1.54, 1.807) is 0 Å². The van der Waals surface area contributed by atoms with Gasteiger partial charge in [-0.2, -0.15) is 0 Å². The second kappa shape index (κ2) is 77.4. The molecular weight excluding hydrogens is 1370 g/mol. The van der Waals surface area contributed by atoms with Crippen molar-refractivity contribution < 1.29 is 80.2 Å². The van der Waals surface area contributed by atoms with Crippen LogP contribution < -0.4 is 0 Å². The Balaban J connectivity index is 5.15. The molecule has 0 fully saturated rings. The van der Waals surface area contributed by atoms with Crippen LogP contribution in [-0.4, -0.2) is 96.7 Å². The van der Waals surface area contributed by atoms with E-state index in [0.29, 0.717) is 25.7 Å². The Morgan fingerprint density at radius 2 is 0.486 bits per heavy atom. The van der Waals surface area contributed by atoms with E-state index in [9.17, 15) is 43.2 Å². The van der Waals surface area contributed by atoms with Crippen molar-refractivity contribution in [2.24, 2.45) is 11.8 Å². The van der Waals surface area contributed by atoms with E-state index in [4.69, 9.17) is 37.0 Å². The van der Waals surface area contributed by atoms with Gasteiger partial charge in [0, 0.05) is 25.7 Å². The summed E-state index contributed by atoms with van der Waals surface area (Å²) in [5.41, 5.74) is 0. The lowest BCUT2D eigenvalue weighted by molar-refractivity contribution is -0.161. The first-order chi connectivity index (χ1) is 50.9. The van der Waals surface area contributed by atoms with Gasteiger partial charge in [-0.25, -0.2) is 9.13 Å². The molecule has 0 rings (SSSR count). The fourth-order valence-corrected chi connectivity index (χ4v) is 15.0. The minimum Gasteiger partial charge on any atom is -0.462 e. The average molecular weight is 1540 g/mol. The highest BCUT2D eigenvalue weighted by Crippen LogP contribution is 2.45. The molecule has 0 aliphatic rings. The molecule has 0 amide bonds. The number of esters is 4. The van der Waals surface area contributed by atoms with Crippen molar-refractivity contribution in [3.05, 3.63) is 0 Å². The van der Waals surface area contributed by atoms with Gasteiger partial charge < -0.3 is 33.8 Å². The van der Waals surface area contributed by atoms with Gasteiger partial charge in [0.15, 0.2) is 12.2 Å². The molecule has 0 spiro atoms. The number of hydrogen-bond acceptors (Lipinski definition) is 15. The van der Waals surface area contributed by atoms with E-state index in [1.165, 1.54) is 263 Å². The van der Waals surface area contributed by atoms with Crippen molar-refractivity contribution in [3.8, 4) is 0 Å². The van der Waals surface area contributed by atoms with E-state index in [-0.39, 0.29) is 25.7 Å². The largest absolute Gasteiger partial charge is 0.472 e. The summed E-state index contributed by atoms with van der Waals surface area (Å²) in [5.74, 6) is -0.460. The summed E-state index contributed by atoms with van der Waals surface area (Å²) in [4.78, 5) is 73.0. The van der Waals surface area contributed by atoms with E-state index < -0.39 is 97.5 Å². The van der Waals surface area contributed by atoms with Gasteiger partial charge in [-0.15, -0.1) is 0 Å². The summed E-state index contributed by atoms with van der Waals surface area (Å²) in [5, 5.41) is 10.7. The van der Waals surface area contributed by atoms with Gasteiger partial charge in [0.05, 0.1) is 26.4 Å². The Morgan fingerprint density at radius 3 is 0.724 bits per heavy atom. The Bertz CT molecular complexity index is 2010. The van der Waals surface area contributed by atoms with Gasteiger partial charge in [-0.1, -0.05) is 408 Å². The molecule has 3 N–H and O–H groups in total. The molecular formula is C86H168O17P2. The third kappa shape index (κ3) is 78.5. The number of hydrogen-bond donors (Lipinski definition) is 3. The standard InChI is InChI=1S/C86H168O17P2/c1-7-10-12-14-16-17-18-19-20-21-22-23-24-28-31-34-40-45-51-57-63-69-84(89)97-75-82(103-86(91)70-64-58-52-46-41-35-32-29-26-25-27-30-33-39-44-50-55-61-67-79(6)9-3)77-101-105(94,95)99-73-80(87)72-98-104(92,93)100-76-81(74-96-83(88)68-62-56-48-15-13-11-8-2)102-85(90)71-65-59-53-47-42-37-36-38-43-49-54-60-66-78(4)5/h78-82,87H,7-77H2,1-6H3,(H,92,93)(H,94,95)/t79?,80-,81+,82+/m0/s1. The first kappa shape index (κ1) is 103. The van der Waals surface area contributed by atoms with Crippen LogP contribution in [0.1, 0.15) is 459 Å². The van der Waals surface area contributed by atoms with Gasteiger partial charge >= 0.3 is 39.5 Å². The molecule has 19 heteroatoms. The average Bonchev–Trinajstić information content (AvgIpc) is 0.964. The molecule has 6 atom stereocenters. The summed E-state index contributed by atoms with van der Waals surface area (Å²) in [6, 6.07) is 0. The zero-order chi connectivity index (χ0) is 77.1. The first-order valence-corrected chi connectivity index (χ1v) is 47.5. The van der Waals surface area contributed by atoms with Crippen LogP contribution in [-0.2, 0) is 65.4 Å². The van der Waals surface area contributed by atoms with Crippen LogP contribution in [0, 0.1) is 11.8 Å². The molecule has 624 valence electrons. The van der Waals surface area contributed by atoms with Crippen molar-refractivity contribution in [2.75, 3.05) is 39.6 Å². The van der Waals surface area contributed by atoms with Crippen molar-refractivity contribution in [3.63, 3.8) is 0 Å². The van der Waals surface area contributed by atoms with Crippen LogP contribution in [0.25, 0.3) is 0 Å². The van der Waals surface area contributed by atoms with Crippen LogP contribution in [0.15, 0.2) is 0 Å². The Kier molecular flexibility index (Phi) is 76.0. The second-order valence-electron chi connectivity index (χ2n) is 31.6. The van der Waals surface area contributed by atoms with E-state index >= 15 is 0 Å². The van der Waals surface area contributed by atoms with Crippen molar-refractivity contribution in [1.82, 2.24) is 0 Å². The van der Waals surface area contributed by atoms with Gasteiger partial charge in [-0.3, -0.25) is 37.3 Å². The molecule has 0 saturated heterocycles. The highest BCUT2D eigenvalue weighted by molar-refractivity contribution is 7.47. The number of rotatable bonds is 85. The summed E-state index contributed by atoms with van der Waals surface area (Å²) in [6.45, 7) is 9.69. The lowest BCUT2D eigenvalue weighted by Gasteiger charge is -2.21. The Labute approximate surface area is 645 Å². The molecule has 0 heterocycles. The van der Waals surface area contributed by atoms with E-state index in [0.717, 1.165) is 115 Å². The van der Waals surface area contributed by atoms with E-state index in [2.05, 4.69) is 41.5 Å². The zero-order valence-corrected chi connectivity index (χ0v) is 70.8. The zero-order valence-electron chi connectivity index (χ0n) is 69.0. The Morgan fingerprint density at radius 1 is 0.276 bits per heavy atom. The molecule has 3 unspecified atom stereocenters. The number of carbonyl (C=O) groups excluding carboxylic acids is 4. The molecule has 0 aliphatic carbocycles. The molecule has 0 radical (unpaired) electrons. The van der Waals surface area contributed by atoms with Crippen LogP contribution in [0.5, 0.6) is 0 Å². The number of carbonyl (C=O) groups is 4. The number of aliphatic hydroxyl groups is 1. The molecule has 0 aromatic carbocycles.